The molecular formula is C29H25F6NO3. The van der Waals surface area contributed by atoms with Crippen LogP contribution in [-0.4, -0.2) is 30.4 Å². The number of alkyl halides is 6. The van der Waals surface area contributed by atoms with Crippen LogP contribution in [0.4, 0.5) is 26.3 Å². The van der Waals surface area contributed by atoms with Gasteiger partial charge < -0.3 is 9.64 Å². The molecule has 0 spiro atoms. The molecule has 0 unspecified atom stereocenters. The second kappa shape index (κ2) is 11.8. The van der Waals surface area contributed by atoms with E-state index in [0.717, 1.165) is 11.0 Å². The molecule has 3 rings (SSSR count). The summed E-state index contributed by atoms with van der Waals surface area (Å²) < 4.78 is 86.1. The number of carbonyl (C=O) groups excluding carboxylic acids is 2. The van der Waals surface area contributed by atoms with Gasteiger partial charge in [-0.25, -0.2) is 4.79 Å². The van der Waals surface area contributed by atoms with Crippen molar-refractivity contribution in [1.82, 2.24) is 4.90 Å². The number of hydrogen-bond donors (Lipinski definition) is 0. The molecule has 0 bridgehead atoms. The molecular weight excluding hydrogens is 524 g/mol. The molecule has 0 radical (unpaired) electrons. The monoisotopic (exact) mass is 549 g/mol. The summed E-state index contributed by atoms with van der Waals surface area (Å²) in [5, 5.41) is 0. The van der Waals surface area contributed by atoms with E-state index in [1.165, 1.54) is 13.1 Å². The first-order chi connectivity index (χ1) is 18.3. The molecule has 3 aromatic rings. The number of halogens is 6. The Kier molecular flexibility index (Phi) is 8.88. The van der Waals surface area contributed by atoms with Crippen molar-refractivity contribution in [3.8, 4) is 0 Å². The number of amides is 1. The van der Waals surface area contributed by atoms with E-state index >= 15 is 0 Å². The molecule has 0 fully saturated rings. The van der Waals surface area contributed by atoms with E-state index in [0.29, 0.717) is 23.3 Å². The third-order valence-electron chi connectivity index (χ3n) is 6.17. The van der Waals surface area contributed by atoms with Crippen LogP contribution in [0, 0.1) is 0 Å². The standard InChI is InChI=1S/C29H25F6NO3/c1-3-39-25(37)15-10-16-27(21-11-6-4-7-12-21,22-13-8-5-9-14-22)36(2)26(38)20-17-23(28(30,31)32)19-24(18-20)29(33,34)35/h4-15,17-19H,3,16H2,1-2H3. The number of esters is 1. The summed E-state index contributed by atoms with van der Waals surface area (Å²) in [5.74, 6) is -1.72. The molecule has 10 heteroatoms. The molecule has 0 aliphatic heterocycles. The van der Waals surface area contributed by atoms with Gasteiger partial charge in [-0.15, -0.1) is 0 Å². The minimum absolute atomic E-state index is 0.0273. The molecule has 0 saturated carbocycles. The minimum Gasteiger partial charge on any atom is -0.463 e. The van der Waals surface area contributed by atoms with Gasteiger partial charge in [0.15, 0.2) is 0 Å². The van der Waals surface area contributed by atoms with E-state index in [1.807, 2.05) is 0 Å². The zero-order valence-electron chi connectivity index (χ0n) is 21.0. The third kappa shape index (κ3) is 6.68. The van der Waals surface area contributed by atoms with Gasteiger partial charge in [-0.1, -0.05) is 66.7 Å². The lowest BCUT2D eigenvalue weighted by molar-refractivity contribution is -0.143. The van der Waals surface area contributed by atoms with Crippen LogP contribution in [0.15, 0.2) is 91.0 Å². The highest BCUT2D eigenvalue weighted by atomic mass is 19.4. The molecule has 0 aliphatic carbocycles. The fraction of sp³-hybridized carbons (Fsp3) is 0.241. The normalized spacial score (nSPS) is 12.4. The van der Waals surface area contributed by atoms with Gasteiger partial charge in [0, 0.05) is 18.7 Å². The van der Waals surface area contributed by atoms with Gasteiger partial charge in [-0.3, -0.25) is 4.79 Å². The molecule has 4 nitrogen and oxygen atoms in total. The molecule has 39 heavy (non-hydrogen) atoms. The van der Waals surface area contributed by atoms with Crippen LogP contribution in [0.25, 0.3) is 0 Å². The summed E-state index contributed by atoms with van der Waals surface area (Å²) in [7, 11) is 1.30. The average molecular weight is 550 g/mol. The number of rotatable bonds is 8. The number of carbonyl (C=O) groups is 2. The van der Waals surface area contributed by atoms with Gasteiger partial charge in [-0.2, -0.15) is 26.3 Å². The van der Waals surface area contributed by atoms with Crippen LogP contribution in [0.1, 0.15) is 46.0 Å². The predicted molar refractivity (Wildman–Crippen MR) is 133 cm³/mol. The first-order valence-electron chi connectivity index (χ1n) is 11.8. The van der Waals surface area contributed by atoms with Crippen molar-refractivity contribution in [2.75, 3.05) is 13.7 Å². The Balaban J connectivity index is 2.24. The van der Waals surface area contributed by atoms with Gasteiger partial charge in [-0.05, 0) is 42.7 Å². The lowest BCUT2D eigenvalue weighted by atomic mass is 9.78. The topological polar surface area (TPSA) is 46.6 Å². The van der Waals surface area contributed by atoms with Gasteiger partial charge >= 0.3 is 18.3 Å². The molecule has 206 valence electrons. The Morgan fingerprint density at radius 1 is 0.769 bits per heavy atom. The molecule has 0 heterocycles. The zero-order chi connectivity index (χ0) is 28.8. The van der Waals surface area contributed by atoms with Crippen molar-refractivity contribution in [3.05, 3.63) is 119 Å². The molecule has 0 aromatic heterocycles. The quantitative estimate of drug-likeness (QED) is 0.169. The van der Waals surface area contributed by atoms with Crippen molar-refractivity contribution in [3.63, 3.8) is 0 Å². The van der Waals surface area contributed by atoms with Crippen molar-refractivity contribution >= 4 is 11.9 Å². The van der Waals surface area contributed by atoms with Crippen molar-refractivity contribution in [1.29, 1.82) is 0 Å². The first kappa shape index (κ1) is 29.5. The summed E-state index contributed by atoms with van der Waals surface area (Å²) in [4.78, 5) is 26.9. The summed E-state index contributed by atoms with van der Waals surface area (Å²) in [5.41, 5.74) is -4.37. The summed E-state index contributed by atoms with van der Waals surface area (Å²) in [6.07, 6.45) is -7.67. The van der Waals surface area contributed by atoms with Gasteiger partial charge in [0.1, 0.15) is 0 Å². The Hall–Kier alpha value is -4.08. The summed E-state index contributed by atoms with van der Waals surface area (Å²) in [6, 6.07) is 17.7. The van der Waals surface area contributed by atoms with E-state index in [2.05, 4.69) is 0 Å². The fourth-order valence-corrected chi connectivity index (χ4v) is 4.32. The number of hydrogen-bond acceptors (Lipinski definition) is 3. The Labute approximate surface area is 221 Å². The lowest BCUT2D eigenvalue weighted by Gasteiger charge is -2.43. The maximum absolute atomic E-state index is 13.8. The molecule has 0 atom stereocenters. The van der Waals surface area contributed by atoms with Gasteiger partial charge in [0.25, 0.3) is 5.91 Å². The third-order valence-corrected chi connectivity index (χ3v) is 6.17. The summed E-state index contributed by atoms with van der Waals surface area (Å²) >= 11 is 0. The molecule has 3 aromatic carbocycles. The van der Waals surface area contributed by atoms with Gasteiger partial charge in [0.2, 0.25) is 0 Å². The van der Waals surface area contributed by atoms with Crippen molar-refractivity contribution in [2.45, 2.75) is 31.2 Å². The van der Waals surface area contributed by atoms with Crippen LogP contribution in [0.3, 0.4) is 0 Å². The Bertz CT molecular complexity index is 1250. The van der Waals surface area contributed by atoms with Crippen molar-refractivity contribution in [2.24, 2.45) is 0 Å². The largest absolute Gasteiger partial charge is 0.463 e. The predicted octanol–water partition coefficient (Wildman–Crippen LogP) is 7.25. The SMILES string of the molecule is CCOC(=O)C=CCC(c1ccccc1)(c1ccccc1)N(C)C(=O)c1cc(C(F)(F)F)cc(C(F)(F)F)c1. The molecule has 0 N–H and O–H groups in total. The van der Waals surface area contributed by atoms with E-state index in [-0.39, 0.29) is 19.1 Å². The first-order valence-corrected chi connectivity index (χ1v) is 11.8. The van der Waals surface area contributed by atoms with Crippen LogP contribution in [0.5, 0.6) is 0 Å². The highest BCUT2D eigenvalue weighted by Gasteiger charge is 2.42. The number of benzene rings is 3. The van der Waals surface area contributed by atoms with E-state index in [1.54, 1.807) is 67.6 Å². The van der Waals surface area contributed by atoms with Crippen LogP contribution < -0.4 is 0 Å². The number of nitrogens with zero attached hydrogens (tertiary/aromatic N) is 1. The molecule has 0 aliphatic rings. The fourth-order valence-electron chi connectivity index (χ4n) is 4.32. The molecule has 1 amide bonds. The molecule has 0 saturated heterocycles. The van der Waals surface area contributed by atoms with E-state index in [9.17, 15) is 35.9 Å². The van der Waals surface area contributed by atoms with Crippen LogP contribution in [-0.2, 0) is 27.4 Å². The van der Waals surface area contributed by atoms with Crippen molar-refractivity contribution < 1.29 is 40.7 Å². The summed E-state index contributed by atoms with van der Waals surface area (Å²) in [6.45, 7) is 1.75. The second-order valence-corrected chi connectivity index (χ2v) is 8.61. The Morgan fingerprint density at radius 2 is 1.23 bits per heavy atom. The minimum atomic E-state index is -5.12. The maximum atomic E-state index is 13.8. The van der Waals surface area contributed by atoms with Crippen LogP contribution in [0.2, 0.25) is 0 Å². The second-order valence-electron chi connectivity index (χ2n) is 8.61. The van der Waals surface area contributed by atoms with E-state index < -0.39 is 46.5 Å². The van der Waals surface area contributed by atoms with Gasteiger partial charge in [0.05, 0.1) is 23.3 Å². The maximum Gasteiger partial charge on any atom is 0.416 e. The van der Waals surface area contributed by atoms with Crippen LogP contribution >= 0.6 is 0 Å². The lowest BCUT2D eigenvalue weighted by Crippen LogP contribution is -2.48. The highest BCUT2D eigenvalue weighted by molar-refractivity contribution is 5.95. The highest BCUT2D eigenvalue weighted by Crippen LogP contribution is 2.41. The Morgan fingerprint density at radius 3 is 1.64 bits per heavy atom. The average Bonchev–Trinajstić information content (AvgIpc) is 2.90. The zero-order valence-corrected chi connectivity index (χ0v) is 21.0. The van der Waals surface area contributed by atoms with E-state index in [4.69, 9.17) is 4.74 Å². The smallest absolute Gasteiger partial charge is 0.416 e. The number of ether oxygens (including phenoxy) is 1.